The average molecular weight is 356 g/mol. The fourth-order valence-electron chi connectivity index (χ4n) is 2.90. The predicted molar refractivity (Wildman–Crippen MR) is 91.9 cm³/mol. The van der Waals surface area contributed by atoms with E-state index in [4.69, 9.17) is 10.3 Å². The summed E-state index contributed by atoms with van der Waals surface area (Å²) in [4.78, 5) is 26.7. The molecule has 4 rings (SSSR count). The van der Waals surface area contributed by atoms with Crippen LogP contribution in [0.2, 0.25) is 0 Å². The van der Waals surface area contributed by atoms with E-state index in [0.29, 0.717) is 35.6 Å². The van der Waals surface area contributed by atoms with Crippen molar-refractivity contribution < 1.29 is 9.32 Å². The number of nitrogens with zero attached hydrogens (tertiary/aromatic N) is 5. The van der Waals surface area contributed by atoms with E-state index in [0.717, 1.165) is 18.4 Å². The maximum absolute atomic E-state index is 12.4. The minimum atomic E-state index is -0.0722. The number of piperidine rings is 1. The number of aromatic nitrogens is 4. The number of thiazole rings is 1. The molecule has 0 atom stereocenters. The maximum Gasteiger partial charge on any atom is 0.273 e. The van der Waals surface area contributed by atoms with Gasteiger partial charge in [-0.3, -0.25) is 9.78 Å². The third-order valence-corrected chi connectivity index (χ3v) is 4.93. The second-order valence-corrected chi connectivity index (χ2v) is 6.72. The molecule has 25 heavy (non-hydrogen) atoms. The van der Waals surface area contributed by atoms with E-state index in [1.54, 1.807) is 22.7 Å². The third-order valence-electron chi connectivity index (χ3n) is 4.26. The Morgan fingerprint density at radius 1 is 1.24 bits per heavy atom. The molecule has 0 aliphatic carbocycles. The monoisotopic (exact) mass is 356 g/mol. The van der Waals surface area contributed by atoms with E-state index >= 15 is 0 Å². The Labute approximate surface area is 147 Å². The van der Waals surface area contributed by atoms with Crippen LogP contribution in [-0.2, 0) is 0 Å². The molecule has 0 spiro atoms. The van der Waals surface area contributed by atoms with Crippen LogP contribution >= 0.6 is 11.3 Å². The smallest absolute Gasteiger partial charge is 0.273 e. The van der Waals surface area contributed by atoms with Crippen molar-refractivity contribution in [2.75, 3.05) is 18.8 Å². The van der Waals surface area contributed by atoms with E-state index in [1.807, 2.05) is 12.1 Å². The minimum Gasteiger partial charge on any atom is -0.375 e. The molecular formula is C16H16N6O2S. The topological polar surface area (TPSA) is 111 Å². The first-order valence-electron chi connectivity index (χ1n) is 7.95. The fourth-order valence-corrected chi connectivity index (χ4v) is 3.44. The van der Waals surface area contributed by atoms with Crippen LogP contribution in [0.15, 0.2) is 34.4 Å². The molecule has 1 saturated heterocycles. The van der Waals surface area contributed by atoms with Crippen LogP contribution in [0.3, 0.4) is 0 Å². The normalized spacial score (nSPS) is 15.4. The molecule has 8 nitrogen and oxygen atoms in total. The molecule has 1 amide bonds. The van der Waals surface area contributed by atoms with Gasteiger partial charge in [0.25, 0.3) is 11.8 Å². The lowest BCUT2D eigenvalue weighted by Gasteiger charge is -2.30. The van der Waals surface area contributed by atoms with Crippen LogP contribution < -0.4 is 5.73 Å². The summed E-state index contributed by atoms with van der Waals surface area (Å²) in [5, 5.41) is 6.22. The van der Waals surface area contributed by atoms with E-state index in [1.165, 1.54) is 11.3 Å². The number of nitrogen functional groups attached to an aromatic ring is 1. The Morgan fingerprint density at radius 2 is 2.00 bits per heavy atom. The van der Waals surface area contributed by atoms with Gasteiger partial charge in [-0.25, -0.2) is 4.98 Å². The second-order valence-electron chi connectivity index (χ2n) is 5.83. The summed E-state index contributed by atoms with van der Waals surface area (Å²) >= 11 is 1.28. The van der Waals surface area contributed by atoms with Gasteiger partial charge in [-0.2, -0.15) is 4.98 Å². The Bertz CT molecular complexity index is 870. The van der Waals surface area contributed by atoms with Crippen molar-refractivity contribution >= 4 is 22.4 Å². The number of hydrogen-bond donors (Lipinski definition) is 1. The highest BCUT2D eigenvalue weighted by Crippen LogP contribution is 2.28. The third kappa shape index (κ3) is 3.22. The van der Waals surface area contributed by atoms with Crippen LogP contribution in [0.25, 0.3) is 11.5 Å². The Kier molecular flexibility index (Phi) is 4.14. The van der Waals surface area contributed by atoms with Crippen LogP contribution in [-0.4, -0.2) is 44.0 Å². The number of anilines is 1. The summed E-state index contributed by atoms with van der Waals surface area (Å²) < 4.78 is 5.36. The van der Waals surface area contributed by atoms with Gasteiger partial charge in [0, 0.05) is 42.3 Å². The van der Waals surface area contributed by atoms with E-state index in [9.17, 15) is 4.79 Å². The molecule has 4 heterocycles. The van der Waals surface area contributed by atoms with Crippen molar-refractivity contribution in [2.45, 2.75) is 18.8 Å². The molecule has 0 aromatic carbocycles. The SMILES string of the molecule is Nc1nc(C(=O)N2CCC(c3noc(-c4ccncc4)n3)CC2)cs1. The largest absolute Gasteiger partial charge is 0.375 e. The minimum absolute atomic E-state index is 0.0722. The van der Waals surface area contributed by atoms with Gasteiger partial charge in [-0.1, -0.05) is 5.16 Å². The van der Waals surface area contributed by atoms with Crippen LogP contribution in [0.5, 0.6) is 0 Å². The van der Waals surface area contributed by atoms with Crippen molar-refractivity contribution in [3.63, 3.8) is 0 Å². The lowest BCUT2D eigenvalue weighted by Crippen LogP contribution is -2.38. The number of pyridine rings is 1. The molecule has 1 aliphatic heterocycles. The van der Waals surface area contributed by atoms with Crippen LogP contribution in [0.1, 0.15) is 35.1 Å². The standard InChI is InChI=1S/C16H16N6O2S/c17-16-19-12(9-25-16)15(23)22-7-3-10(4-8-22)13-20-14(24-21-13)11-1-5-18-6-2-11/h1-2,5-6,9-10H,3-4,7-8H2,(H2,17,19). The number of hydrogen-bond acceptors (Lipinski definition) is 8. The van der Waals surface area contributed by atoms with Crippen molar-refractivity contribution in [1.82, 2.24) is 25.0 Å². The zero-order valence-electron chi connectivity index (χ0n) is 13.3. The second kappa shape index (κ2) is 6.60. The quantitative estimate of drug-likeness (QED) is 0.765. The molecule has 3 aromatic rings. The molecule has 9 heteroatoms. The maximum atomic E-state index is 12.4. The lowest BCUT2D eigenvalue weighted by molar-refractivity contribution is 0.0705. The summed E-state index contributed by atoms with van der Waals surface area (Å²) in [6.07, 6.45) is 4.96. The Morgan fingerprint density at radius 3 is 2.68 bits per heavy atom. The van der Waals surface area contributed by atoms with Gasteiger partial charge >= 0.3 is 0 Å². The first kappa shape index (κ1) is 15.7. The Hall–Kier alpha value is -2.81. The average Bonchev–Trinajstić information content (AvgIpc) is 3.31. The van der Waals surface area contributed by atoms with E-state index in [2.05, 4.69) is 20.1 Å². The molecule has 0 unspecified atom stereocenters. The van der Waals surface area contributed by atoms with Gasteiger partial charge < -0.3 is 15.2 Å². The number of carbonyl (C=O) groups is 1. The van der Waals surface area contributed by atoms with Crippen LogP contribution in [0, 0.1) is 0 Å². The molecule has 1 aliphatic rings. The zero-order valence-corrected chi connectivity index (χ0v) is 14.1. The molecular weight excluding hydrogens is 340 g/mol. The lowest BCUT2D eigenvalue weighted by atomic mass is 9.96. The first-order valence-corrected chi connectivity index (χ1v) is 8.83. The fraction of sp³-hybridized carbons (Fsp3) is 0.312. The molecule has 0 saturated carbocycles. The van der Waals surface area contributed by atoms with Crippen LogP contribution in [0.4, 0.5) is 5.13 Å². The highest BCUT2D eigenvalue weighted by molar-refractivity contribution is 7.13. The molecule has 3 aromatic heterocycles. The summed E-state index contributed by atoms with van der Waals surface area (Å²) in [6.45, 7) is 1.28. The van der Waals surface area contributed by atoms with Crippen molar-refractivity contribution in [2.24, 2.45) is 0 Å². The van der Waals surface area contributed by atoms with Gasteiger partial charge in [0.1, 0.15) is 5.69 Å². The molecule has 0 radical (unpaired) electrons. The van der Waals surface area contributed by atoms with E-state index < -0.39 is 0 Å². The van der Waals surface area contributed by atoms with Gasteiger partial charge in [0.2, 0.25) is 0 Å². The summed E-state index contributed by atoms with van der Waals surface area (Å²) in [6, 6.07) is 3.66. The summed E-state index contributed by atoms with van der Waals surface area (Å²) in [5.74, 6) is 1.30. The highest BCUT2D eigenvalue weighted by atomic mass is 32.1. The molecule has 128 valence electrons. The number of amides is 1. The Balaban J connectivity index is 1.41. The summed E-state index contributed by atoms with van der Waals surface area (Å²) in [7, 11) is 0. The van der Waals surface area contributed by atoms with Crippen molar-refractivity contribution in [3.05, 3.63) is 41.4 Å². The van der Waals surface area contributed by atoms with Gasteiger partial charge in [0.05, 0.1) is 0 Å². The molecule has 1 fully saturated rings. The van der Waals surface area contributed by atoms with Gasteiger partial charge in [-0.05, 0) is 25.0 Å². The van der Waals surface area contributed by atoms with Gasteiger partial charge in [-0.15, -0.1) is 11.3 Å². The first-order chi connectivity index (χ1) is 12.2. The number of rotatable bonds is 3. The van der Waals surface area contributed by atoms with Crippen molar-refractivity contribution in [1.29, 1.82) is 0 Å². The zero-order chi connectivity index (χ0) is 17.2. The highest BCUT2D eigenvalue weighted by Gasteiger charge is 2.28. The number of carbonyl (C=O) groups excluding carboxylic acids is 1. The number of nitrogens with two attached hydrogens (primary N) is 1. The number of likely N-dealkylation sites (tertiary alicyclic amines) is 1. The van der Waals surface area contributed by atoms with E-state index in [-0.39, 0.29) is 11.8 Å². The molecule has 2 N–H and O–H groups in total. The summed E-state index contributed by atoms with van der Waals surface area (Å²) in [5.41, 5.74) is 6.87. The molecule has 0 bridgehead atoms. The van der Waals surface area contributed by atoms with Gasteiger partial charge in [0.15, 0.2) is 11.0 Å². The predicted octanol–water partition coefficient (Wildman–Crippen LogP) is 2.19. The van der Waals surface area contributed by atoms with Crippen molar-refractivity contribution in [3.8, 4) is 11.5 Å².